The van der Waals surface area contributed by atoms with Gasteiger partial charge in [0.1, 0.15) is 9.79 Å². The highest BCUT2D eigenvalue weighted by atomic mass is 35.5. The molecule has 21 heavy (non-hydrogen) atoms. The minimum absolute atomic E-state index is 0.115. The normalized spacial score (nSPS) is 12.3. The highest BCUT2D eigenvalue weighted by Gasteiger charge is 2.29. The minimum Gasteiger partial charge on any atom is -0.204 e. The van der Waals surface area contributed by atoms with Gasteiger partial charge in [-0.05, 0) is 24.3 Å². The molecule has 0 aromatic heterocycles. The first-order valence-electron chi connectivity index (χ1n) is 5.47. The van der Waals surface area contributed by atoms with Crippen LogP contribution in [0.4, 0.5) is 0 Å². The molecular formula is C12H8Cl2NO4S2. The van der Waals surface area contributed by atoms with Crippen LogP contribution in [0.15, 0.2) is 58.3 Å². The average Bonchev–Trinajstić information content (AvgIpc) is 2.38. The molecule has 2 aromatic carbocycles. The molecule has 0 aliphatic heterocycles. The first-order valence-corrected chi connectivity index (χ1v) is 9.11. The molecule has 0 aliphatic rings. The van der Waals surface area contributed by atoms with Crippen LogP contribution in [0.3, 0.4) is 0 Å². The van der Waals surface area contributed by atoms with E-state index in [9.17, 15) is 16.8 Å². The van der Waals surface area contributed by atoms with Crippen LogP contribution >= 0.6 is 23.2 Å². The third kappa shape index (κ3) is 3.56. The maximum atomic E-state index is 12.1. The zero-order chi connectivity index (χ0) is 15.7. The van der Waals surface area contributed by atoms with Gasteiger partial charge in [-0.1, -0.05) is 47.5 Å². The van der Waals surface area contributed by atoms with Gasteiger partial charge in [0.25, 0.3) is 20.0 Å². The second-order valence-corrected chi connectivity index (χ2v) is 8.08. The number of nitrogens with zero attached hydrogens (tertiary/aromatic N) is 1. The summed E-state index contributed by atoms with van der Waals surface area (Å²) in [6.45, 7) is 0. The van der Waals surface area contributed by atoms with Crippen molar-refractivity contribution in [2.24, 2.45) is 0 Å². The summed E-state index contributed by atoms with van der Waals surface area (Å²) >= 11 is 11.5. The molecule has 0 unspecified atom stereocenters. The van der Waals surface area contributed by atoms with Crippen molar-refractivity contribution in [2.45, 2.75) is 9.79 Å². The lowest BCUT2D eigenvalue weighted by molar-refractivity contribution is 0.576. The maximum absolute atomic E-state index is 12.1. The number of benzene rings is 2. The minimum atomic E-state index is -4.47. The Hall–Kier alpha value is -1.12. The fourth-order valence-electron chi connectivity index (χ4n) is 1.52. The molecule has 0 fully saturated rings. The molecule has 5 nitrogen and oxygen atoms in total. The number of halogens is 2. The van der Waals surface area contributed by atoms with E-state index < -0.39 is 20.0 Å². The van der Waals surface area contributed by atoms with Crippen molar-refractivity contribution in [3.8, 4) is 0 Å². The number of hydrogen-bond donors (Lipinski definition) is 0. The third-order valence-corrected chi connectivity index (χ3v) is 6.70. The van der Waals surface area contributed by atoms with Crippen molar-refractivity contribution in [3.63, 3.8) is 0 Å². The Balaban J connectivity index is 2.46. The summed E-state index contributed by atoms with van der Waals surface area (Å²) in [6.07, 6.45) is 0. The van der Waals surface area contributed by atoms with E-state index in [4.69, 9.17) is 23.2 Å². The van der Waals surface area contributed by atoms with Gasteiger partial charge in [-0.25, -0.2) is 16.8 Å². The van der Waals surface area contributed by atoms with Gasteiger partial charge in [0.15, 0.2) is 0 Å². The van der Waals surface area contributed by atoms with E-state index in [-0.39, 0.29) is 19.8 Å². The Labute approximate surface area is 132 Å². The Bertz CT molecular complexity index is 806. The lowest BCUT2D eigenvalue weighted by Gasteiger charge is -2.07. The molecule has 0 amide bonds. The van der Waals surface area contributed by atoms with Crippen LogP contribution in [0.5, 0.6) is 0 Å². The Morgan fingerprint density at radius 1 is 0.667 bits per heavy atom. The zero-order valence-corrected chi connectivity index (χ0v) is 13.4. The molecule has 9 heteroatoms. The van der Waals surface area contributed by atoms with Crippen LogP contribution in [-0.4, -0.2) is 16.8 Å². The SMILES string of the molecule is O=S(=O)([N]S(=O)(=O)c1ccccc1Cl)c1ccccc1Cl. The van der Waals surface area contributed by atoms with E-state index in [0.717, 1.165) is 0 Å². The fraction of sp³-hybridized carbons (Fsp3) is 0. The molecule has 0 bridgehead atoms. The summed E-state index contributed by atoms with van der Waals surface area (Å²) in [5.74, 6) is 0. The van der Waals surface area contributed by atoms with E-state index in [1.807, 2.05) is 0 Å². The van der Waals surface area contributed by atoms with Crippen molar-refractivity contribution in [1.29, 1.82) is 0 Å². The van der Waals surface area contributed by atoms with Gasteiger partial charge in [-0.2, -0.15) is 0 Å². The standard InChI is InChI=1S/C12H8Cl2NO4S2/c13-9-5-1-3-7-11(9)20(16,17)15-21(18,19)12-8-4-2-6-10(12)14/h1-8H. The number of sulfonamides is 2. The van der Waals surface area contributed by atoms with Gasteiger partial charge in [0.05, 0.1) is 10.0 Å². The van der Waals surface area contributed by atoms with Crippen LogP contribution in [0, 0.1) is 0 Å². The first-order chi connectivity index (χ1) is 9.74. The predicted octanol–water partition coefficient (Wildman–Crippen LogP) is 2.68. The molecule has 0 saturated heterocycles. The molecule has 0 atom stereocenters. The van der Waals surface area contributed by atoms with Gasteiger partial charge >= 0.3 is 0 Å². The predicted molar refractivity (Wildman–Crippen MR) is 79.4 cm³/mol. The summed E-state index contributed by atoms with van der Waals surface area (Å²) in [7, 11) is -8.93. The fourth-order valence-corrected chi connectivity index (χ4v) is 5.18. The van der Waals surface area contributed by atoms with Gasteiger partial charge in [-0.15, -0.1) is 0 Å². The van der Waals surface area contributed by atoms with Gasteiger partial charge in [-0.3, -0.25) is 0 Å². The van der Waals surface area contributed by atoms with Crippen LogP contribution < -0.4 is 4.13 Å². The Kier molecular flexibility index (Phi) is 4.60. The van der Waals surface area contributed by atoms with Crippen LogP contribution in [0.1, 0.15) is 0 Å². The largest absolute Gasteiger partial charge is 0.273 e. The molecule has 1 radical (unpaired) electrons. The van der Waals surface area contributed by atoms with Crippen molar-refractivity contribution in [2.75, 3.05) is 0 Å². The smallest absolute Gasteiger partial charge is 0.204 e. The van der Waals surface area contributed by atoms with Gasteiger partial charge in [0, 0.05) is 4.13 Å². The number of rotatable bonds is 4. The molecule has 2 aromatic rings. The Morgan fingerprint density at radius 2 is 1.00 bits per heavy atom. The highest BCUT2D eigenvalue weighted by Crippen LogP contribution is 2.25. The second-order valence-electron chi connectivity index (χ2n) is 3.89. The molecule has 0 heterocycles. The molecule has 111 valence electrons. The summed E-state index contributed by atoms with van der Waals surface area (Å²) < 4.78 is 51.3. The topological polar surface area (TPSA) is 82.4 Å². The van der Waals surface area contributed by atoms with Crippen LogP contribution in [0.25, 0.3) is 0 Å². The summed E-state index contributed by atoms with van der Waals surface area (Å²) in [4.78, 5) is -0.774. The van der Waals surface area contributed by atoms with Crippen molar-refractivity contribution < 1.29 is 16.8 Å². The summed E-state index contributed by atoms with van der Waals surface area (Å²) in [5.41, 5.74) is 0. The third-order valence-electron chi connectivity index (χ3n) is 2.43. The molecule has 0 saturated carbocycles. The molecular weight excluding hydrogens is 357 g/mol. The van der Waals surface area contributed by atoms with Gasteiger partial charge < -0.3 is 0 Å². The number of hydrogen-bond acceptors (Lipinski definition) is 4. The summed E-state index contributed by atoms with van der Waals surface area (Å²) in [5, 5.41) is -0.230. The average molecular weight is 365 g/mol. The van der Waals surface area contributed by atoms with E-state index in [1.54, 1.807) is 0 Å². The quantitative estimate of drug-likeness (QED) is 0.834. The summed E-state index contributed by atoms with van der Waals surface area (Å²) in [6, 6.07) is 10.9. The highest BCUT2D eigenvalue weighted by molar-refractivity contribution is 8.04. The van der Waals surface area contributed by atoms with Crippen molar-refractivity contribution in [3.05, 3.63) is 58.6 Å². The van der Waals surface area contributed by atoms with Crippen molar-refractivity contribution in [1.82, 2.24) is 4.13 Å². The van der Waals surface area contributed by atoms with Gasteiger partial charge in [0.2, 0.25) is 0 Å². The molecule has 0 aliphatic carbocycles. The van der Waals surface area contributed by atoms with E-state index in [1.165, 1.54) is 48.5 Å². The molecule has 0 N–H and O–H groups in total. The Morgan fingerprint density at radius 3 is 1.33 bits per heavy atom. The lowest BCUT2D eigenvalue weighted by atomic mass is 10.4. The maximum Gasteiger partial charge on any atom is 0.273 e. The van der Waals surface area contributed by atoms with E-state index in [0.29, 0.717) is 0 Å². The monoisotopic (exact) mass is 364 g/mol. The zero-order valence-electron chi connectivity index (χ0n) is 10.3. The van der Waals surface area contributed by atoms with Crippen LogP contribution in [0.2, 0.25) is 10.0 Å². The van der Waals surface area contributed by atoms with E-state index >= 15 is 0 Å². The van der Waals surface area contributed by atoms with Crippen LogP contribution in [-0.2, 0) is 20.0 Å². The molecule has 2 rings (SSSR count). The second kappa shape index (κ2) is 5.94. The first kappa shape index (κ1) is 16.3. The molecule has 0 spiro atoms. The van der Waals surface area contributed by atoms with Crippen molar-refractivity contribution >= 4 is 43.2 Å². The lowest BCUT2D eigenvalue weighted by Crippen LogP contribution is -2.24. The van der Waals surface area contributed by atoms with E-state index in [2.05, 4.69) is 4.13 Å².